The van der Waals surface area contributed by atoms with Crippen molar-refractivity contribution < 1.29 is 19.4 Å². The second kappa shape index (κ2) is 11.3. The number of amides is 1. The molecule has 0 radical (unpaired) electrons. The number of anilines is 1. The zero-order valence-corrected chi connectivity index (χ0v) is 20.9. The van der Waals surface area contributed by atoms with E-state index in [1.807, 2.05) is 42.5 Å². The van der Waals surface area contributed by atoms with E-state index in [9.17, 15) is 9.59 Å². The van der Waals surface area contributed by atoms with Gasteiger partial charge in [0.2, 0.25) is 0 Å². The van der Waals surface area contributed by atoms with Crippen molar-refractivity contribution >= 4 is 35.1 Å². The summed E-state index contributed by atoms with van der Waals surface area (Å²) in [7, 11) is 1.75. The van der Waals surface area contributed by atoms with E-state index >= 15 is 0 Å². The Kier molecular flexibility index (Phi) is 7.90. The Labute approximate surface area is 215 Å². The lowest BCUT2D eigenvalue weighted by Gasteiger charge is -2.16. The van der Waals surface area contributed by atoms with Crippen LogP contribution in [0.25, 0.3) is 16.7 Å². The predicted molar refractivity (Wildman–Crippen MR) is 141 cm³/mol. The fraction of sp³-hybridized carbons (Fsp3) is 0.250. The standard InChI is InChI=1S/C28H28ClN3O4/c1-18(23-5-3-4-6-25(23)29)36-28(35)31-27-24(17-30-32(27)2)22-14-12-21(13-15-22)20-10-7-19(8-11-20)9-16-26(33)34/h3-7,10-15,17-19H,8-9,16H2,1-2H3,(H,31,35)(H,33,34)/t18-,19?/m1/s1. The number of aliphatic carboxylic acids is 1. The van der Waals surface area contributed by atoms with Crippen molar-refractivity contribution in [2.24, 2.45) is 13.0 Å². The summed E-state index contributed by atoms with van der Waals surface area (Å²) in [6, 6.07) is 15.3. The van der Waals surface area contributed by atoms with Gasteiger partial charge in [-0.25, -0.2) is 4.79 Å². The highest BCUT2D eigenvalue weighted by Gasteiger charge is 2.19. The molecule has 2 aromatic carbocycles. The molecule has 36 heavy (non-hydrogen) atoms. The fourth-order valence-corrected chi connectivity index (χ4v) is 4.49. The van der Waals surface area contributed by atoms with Crippen LogP contribution in [-0.4, -0.2) is 26.9 Å². The Bertz CT molecular complexity index is 1310. The van der Waals surface area contributed by atoms with Gasteiger partial charge in [0.1, 0.15) is 11.9 Å². The summed E-state index contributed by atoms with van der Waals surface area (Å²) in [4.78, 5) is 23.4. The van der Waals surface area contributed by atoms with Crippen LogP contribution in [0, 0.1) is 5.92 Å². The first kappa shape index (κ1) is 25.3. The molecule has 3 aromatic rings. The maximum Gasteiger partial charge on any atom is 0.413 e. The molecule has 1 unspecified atom stereocenters. The quantitative estimate of drug-likeness (QED) is 0.348. The number of rotatable bonds is 8. The van der Waals surface area contributed by atoms with Crippen molar-refractivity contribution in [2.45, 2.75) is 32.3 Å². The summed E-state index contributed by atoms with van der Waals surface area (Å²) >= 11 is 6.22. The molecular weight excluding hydrogens is 478 g/mol. The molecule has 2 N–H and O–H groups in total. The number of nitrogens with zero attached hydrogens (tertiary/aromatic N) is 2. The van der Waals surface area contributed by atoms with E-state index in [-0.39, 0.29) is 12.3 Å². The van der Waals surface area contributed by atoms with Crippen LogP contribution >= 0.6 is 11.6 Å². The SMILES string of the molecule is C[C@@H](OC(=O)Nc1c(-c2ccc(C3=CCC(CCC(=O)O)C=C3)cc2)cnn1C)c1ccccc1Cl. The zero-order valence-electron chi connectivity index (χ0n) is 20.1. The first-order valence-electron chi connectivity index (χ1n) is 11.8. The molecule has 1 aliphatic rings. The molecule has 7 nitrogen and oxygen atoms in total. The van der Waals surface area contributed by atoms with Gasteiger partial charge in [-0.15, -0.1) is 0 Å². The summed E-state index contributed by atoms with van der Waals surface area (Å²) in [5.41, 5.74) is 4.58. The van der Waals surface area contributed by atoms with E-state index in [1.54, 1.807) is 30.9 Å². The van der Waals surface area contributed by atoms with Crippen LogP contribution in [0.4, 0.5) is 10.6 Å². The van der Waals surface area contributed by atoms with Gasteiger partial charge in [0.15, 0.2) is 0 Å². The minimum atomic E-state index is -0.763. The molecule has 1 aromatic heterocycles. The fourth-order valence-electron chi connectivity index (χ4n) is 4.20. The van der Waals surface area contributed by atoms with Gasteiger partial charge in [0.25, 0.3) is 0 Å². The van der Waals surface area contributed by atoms with E-state index in [2.05, 4.69) is 28.6 Å². The predicted octanol–water partition coefficient (Wildman–Crippen LogP) is 6.87. The minimum absolute atomic E-state index is 0.181. The van der Waals surface area contributed by atoms with Crippen molar-refractivity contribution in [3.63, 3.8) is 0 Å². The van der Waals surface area contributed by atoms with Gasteiger partial charge >= 0.3 is 12.1 Å². The molecular formula is C28H28ClN3O4. The summed E-state index contributed by atoms with van der Waals surface area (Å²) in [6.45, 7) is 1.77. The number of hydrogen-bond acceptors (Lipinski definition) is 4. The Hall–Kier alpha value is -3.84. The van der Waals surface area contributed by atoms with Crippen molar-refractivity contribution in [2.75, 3.05) is 5.32 Å². The lowest BCUT2D eigenvalue weighted by Crippen LogP contribution is -2.18. The summed E-state index contributed by atoms with van der Waals surface area (Å²) in [5, 5.41) is 16.5. The van der Waals surface area contributed by atoms with E-state index in [1.165, 1.54) is 0 Å². The first-order valence-corrected chi connectivity index (χ1v) is 12.1. The van der Waals surface area contributed by atoms with Crippen LogP contribution in [0.15, 0.2) is 73.0 Å². The minimum Gasteiger partial charge on any atom is -0.481 e. The number of carbonyl (C=O) groups is 2. The molecule has 0 aliphatic heterocycles. The normalized spacial score (nSPS) is 15.8. The molecule has 0 bridgehead atoms. The second-order valence-corrected chi connectivity index (χ2v) is 9.16. The molecule has 0 fully saturated rings. The van der Waals surface area contributed by atoms with Crippen LogP contribution in [0.5, 0.6) is 0 Å². The van der Waals surface area contributed by atoms with Crippen LogP contribution in [-0.2, 0) is 16.6 Å². The second-order valence-electron chi connectivity index (χ2n) is 8.75. The third kappa shape index (κ3) is 6.04. The van der Waals surface area contributed by atoms with Gasteiger partial charge < -0.3 is 9.84 Å². The highest BCUT2D eigenvalue weighted by Crippen LogP contribution is 2.32. The van der Waals surface area contributed by atoms with Crippen LogP contribution in [0.3, 0.4) is 0 Å². The number of allylic oxidation sites excluding steroid dienone is 4. The number of carbonyl (C=O) groups excluding carboxylic acids is 1. The van der Waals surface area contributed by atoms with Crippen LogP contribution < -0.4 is 5.32 Å². The molecule has 1 aliphatic carbocycles. The Morgan fingerprint density at radius 3 is 2.58 bits per heavy atom. The lowest BCUT2D eigenvalue weighted by molar-refractivity contribution is -0.137. The van der Waals surface area contributed by atoms with Gasteiger partial charge in [-0.3, -0.25) is 14.8 Å². The Morgan fingerprint density at radius 1 is 1.19 bits per heavy atom. The maximum atomic E-state index is 12.6. The third-order valence-electron chi connectivity index (χ3n) is 6.23. The molecule has 8 heteroatoms. The third-order valence-corrected chi connectivity index (χ3v) is 6.58. The number of benzene rings is 2. The van der Waals surface area contributed by atoms with Crippen LogP contribution in [0.1, 0.15) is 43.4 Å². The lowest BCUT2D eigenvalue weighted by atomic mass is 9.90. The Morgan fingerprint density at radius 2 is 1.92 bits per heavy atom. The highest BCUT2D eigenvalue weighted by atomic mass is 35.5. The van der Waals surface area contributed by atoms with Gasteiger partial charge in [-0.1, -0.05) is 72.3 Å². The molecule has 186 valence electrons. The van der Waals surface area contributed by atoms with E-state index in [0.29, 0.717) is 17.3 Å². The number of ether oxygens (including phenoxy) is 1. The average Bonchev–Trinajstić information content (AvgIpc) is 3.23. The summed E-state index contributed by atoms with van der Waals surface area (Å²) in [6.07, 6.45) is 8.53. The van der Waals surface area contributed by atoms with Gasteiger partial charge in [-0.05, 0) is 48.4 Å². The maximum absolute atomic E-state index is 12.6. The van der Waals surface area contributed by atoms with Crippen molar-refractivity contribution in [3.8, 4) is 11.1 Å². The van der Waals surface area contributed by atoms with Gasteiger partial charge in [0, 0.05) is 29.6 Å². The number of aryl methyl sites for hydroxylation is 1. The molecule has 2 atom stereocenters. The summed E-state index contributed by atoms with van der Waals surface area (Å²) < 4.78 is 7.14. The van der Waals surface area contributed by atoms with E-state index < -0.39 is 18.2 Å². The summed E-state index contributed by atoms with van der Waals surface area (Å²) in [5.74, 6) is 0.0205. The monoisotopic (exact) mass is 505 g/mol. The molecule has 0 saturated heterocycles. The van der Waals surface area contributed by atoms with Crippen LogP contribution in [0.2, 0.25) is 5.02 Å². The topological polar surface area (TPSA) is 93.4 Å². The highest BCUT2D eigenvalue weighted by molar-refractivity contribution is 6.31. The molecule has 0 saturated carbocycles. The number of carboxylic acid groups (broad SMARTS) is 1. The largest absolute Gasteiger partial charge is 0.481 e. The van der Waals surface area contributed by atoms with Crippen molar-refractivity contribution in [3.05, 3.63) is 89.1 Å². The zero-order chi connectivity index (χ0) is 25.7. The molecule has 1 heterocycles. The number of aromatic nitrogens is 2. The van der Waals surface area contributed by atoms with E-state index in [4.69, 9.17) is 21.4 Å². The number of nitrogens with one attached hydrogen (secondary N) is 1. The number of carboxylic acids is 1. The van der Waals surface area contributed by atoms with E-state index in [0.717, 1.165) is 34.2 Å². The van der Waals surface area contributed by atoms with Gasteiger partial charge in [0.05, 0.1) is 6.20 Å². The molecule has 4 rings (SSSR count). The average molecular weight is 506 g/mol. The first-order chi connectivity index (χ1) is 17.3. The van der Waals surface area contributed by atoms with Crippen molar-refractivity contribution in [1.29, 1.82) is 0 Å². The smallest absolute Gasteiger partial charge is 0.413 e. The van der Waals surface area contributed by atoms with Gasteiger partial charge in [-0.2, -0.15) is 5.10 Å². The molecule has 1 amide bonds. The Balaban J connectivity index is 1.43. The number of hydrogen-bond donors (Lipinski definition) is 2. The molecule has 0 spiro atoms. The number of halogens is 1. The van der Waals surface area contributed by atoms with Crippen molar-refractivity contribution in [1.82, 2.24) is 9.78 Å².